The third-order valence-corrected chi connectivity index (χ3v) is 2.72. The predicted molar refractivity (Wildman–Crippen MR) is 108 cm³/mol. The Labute approximate surface area is 182 Å². The van der Waals surface area contributed by atoms with Gasteiger partial charge in [-0.05, 0) is 35.0 Å². The van der Waals surface area contributed by atoms with Crippen molar-refractivity contribution in [1.29, 1.82) is 5.26 Å². The molecular formula is C21H31NO5W. The summed E-state index contributed by atoms with van der Waals surface area (Å²) in [6.45, 7) is 10.2. The van der Waals surface area contributed by atoms with Gasteiger partial charge in [-0.2, -0.15) is 5.26 Å². The molecule has 0 heterocycles. The van der Waals surface area contributed by atoms with E-state index in [4.69, 9.17) is 15.1 Å². The van der Waals surface area contributed by atoms with Crippen LogP contribution < -0.4 is 0 Å². The molecule has 0 fully saturated rings. The number of ether oxygens (including phenoxy) is 2. The zero-order valence-corrected chi connectivity index (χ0v) is 20.2. The summed E-state index contributed by atoms with van der Waals surface area (Å²) in [6.07, 6.45) is 0. The summed E-state index contributed by atoms with van der Waals surface area (Å²) in [5.41, 5.74) is 0.637. The fraction of sp³-hybridized carbons (Fsp3) is 0.429. The van der Waals surface area contributed by atoms with Gasteiger partial charge in [-0.1, -0.05) is 39.8 Å². The van der Waals surface area contributed by atoms with E-state index in [2.05, 4.69) is 10.8 Å². The van der Waals surface area contributed by atoms with Crippen LogP contribution in [0, 0.1) is 11.3 Å². The van der Waals surface area contributed by atoms with Gasteiger partial charge in [-0.15, -0.1) is 0 Å². The van der Waals surface area contributed by atoms with Gasteiger partial charge >= 0.3 is 5.97 Å². The van der Waals surface area contributed by atoms with E-state index in [1.165, 1.54) is 6.92 Å². The van der Waals surface area contributed by atoms with E-state index in [0.717, 1.165) is 10.8 Å². The number of carbonyl (C=O) groups is 1. The summed E-state index contributed by atoms with van der Waals surface area (Å²) in [6, 6.07) is 12.5. The van der Waals surface area contributed by atoms with E-state index in [1.54, 1.807) is 30.3 Å². The fourth-order valence-electron chi connectivity index (χ4n) is 1.71. The Bertz CT molecular complexity index is 686. The number of benzene rings is 2. The molecule has 0 aliphatic heterocycles. The molecule has 0 saturated carbocycles. The number of hydrogen-bond donors (Lipinski definition) is 2. The number of nitriles is 1. The van der Waals surface area contributed by atoms with Crippen LogP contribution in [0.5, 0.6) is 5.75 Å². The molecule has 156 valence electrons. The number of nitrogens with zero attached hydrogens (tertiary/aromatic N) is 1. The second-order valence-electron chi connectivity index (χ2n) is 4.53. The minimum atomic E-state index is -0.312. The van der Waals surface area contributed by atoms with Gasteiger partial charge in [-0.25, -0.2) is 0 Å². The Balaban J connectivity index is -0.000000378. The molecule has 6 nitrogen and oxygen atoms in total. The molecule has 2 aromatic rings. The van der Waals surface area contributed by atoms with Crippen molar-refractivity contribution < 1.29 is 45.5 Å². The van der Waals surface area contributed by atoms with Gasteiger partial charge < -0.3 is 19.7 Å². The van der Waals surface area contributed by atoms with Gasteiger partial charge in [0.15, 0.2) is 0 Å². The molecule has 0 spiro atoms. The van der Waals surface area contributed by atoms with Crippen molar-refractivity contribution in [3.05, 3.63) is 42.0 Å². The van der Waals surface area contributed by atoms with Crippen LogP contribution in [0.3, 0.4) is 0 Å². The summed E-state index contributed by atoms with van der Waals surface area (Å²) in [4.78, 5) is 10.1. The summed E-state index contributed by atoms with van der Waals surface area (Å²) in [5.74, 6) is -0.0650. The van der Waals surface area contributed by atoms with Gasteiger partial charge in [0, 0.05) is 28.0 Å². The Morgan fingerprint density at radius 3 is 2.11 bits per heavy atom. The van der Waals surface area contributed by atoms with Crippen LogP contribution in [0.4, 0.5) is 0 Å². The third kappa shape index (κ3) is 15.2. The molecule has 0 aliphatic carbocycles. The first-order valence-corrected chi connectivity index (χ1v) is 9.01. The van der Waals surface area contributed by atoms with E-state index in [1.807, 2.05) is 33.8 Å². The van der Waals surface area contributed by atoms with Crippen molar-refractivity contribution in [2.75, 3.05) is 26.4 Å². The monoisotopic (exact) mass is 561 g/mol. The molecular weight excluding hydrogens is 530 g/mol. The Morgan fingerprint density at radius 1 is 1.00 bits per heavy atom. The van der Waals surface area contributed by atoms with Crippen molar-refractivity contribution in [3.8, 4) is 11.8 Å². The number of esters is 1. The average molecular weight is 561 g/mol. The Morgan fingerprint density at radius 2 is 1.57 bits per heavy atom. The molecule has 0 aromatic heterocycles. The normalized spacial score (nSPS) is 8.32. The number of carbonyl (C=O) groups excluding carboxylic acids is 1. The second-order valence-corrected chi connectivity index (χ2v) is 4.53. The minimum absolute atomic E-state index is 0. The van der Waals surface area contributed by atoms with Crippen LogP contribution in [0.25, 0.3) is 10.8 Å². The van der Waals surface area contributed by atoms with Crippen LogP contribution in [-0.4, -0.2) is 42.6 Å². The second kappa shape index (κ2) is 21.4. The quantitative estimate of drug-likeness (QED) is 0.423. The van der Waals surface area contributed by atoms with E-state index < -0.39 is 0 Å². The maximum atomic E-state index is 10.1. The van der Waals surface area contributed by atoms with Crippen molar-refractivity contribution in [3.63, 3.8) is 0 Å². The molecule has 0 saturated heterocycles. The number of phenols is 1. The first-order valence-electron chi connectivity index (χ1n) is 9.01. The van der Waals surface area contributed by atoms with Crippen LogP contribution in [0.15, 0.2) is 36.4 Å². The molecule has 2 rings (SSSR count). The standard InChI is InChI=1S/C11H7NO.C6H12O4.2C2H6.W/c12-7-8-1-2-10-6-11(13)4-3-9(10)5-8;1-6(8)10-5-4-9-3-2-7;2*1-2;/h1-6,13H;7H,2-5H2,1H3;2*1-2H3;. The molecule has 2 N–H and O–H groups in total. The average Bonchev–Trinajstić information content (AvgIpc) is 2.71. The fourth-order valence-corrected chi connectivity index (χ4v) is 1.71. The van der Waals surface area contributed by atoms with Crippen LogP contribution in [-0.2, 0) is 35.3 Å². The number of aliphatic hydroxyl groups excluding tert-OH is 1. The zero-order chi connectivity index (χ0) is 21.1. The maximum Gasteiger partial charge on any atom is 0.302 e. The molecule has 2 aromatic carbocycles. The molecule has 28 heavy (non-hydrogen) atoms. The molecule has 0 atom stereocenters. The number of aromatic hydroxyl groups is 1. The number of fused-ring (bicyclic) bond motifs is 1. The van der Waals surface area contributed by atoms with Gasteiger partial charge in [0.1, 0.15) is 12.4 Å². The van der Waals surface area contributed by atoms with Gasteiger partial charge in [0.2, 0.25) is 0 Å². The summed E-state index contributed by atoms with van der Waals surface area (Å²) in [5, 5.41) is 28.0. The minimum Gasteiger partial charge on any atom is -0.508 e. The van der Waals surface area contributed by atoms with Crippen LogP contribution >= 0.6 is 0 Å². The number of phenolic OH excluding ortho intramolecular Hbond substituents is 1. The van der Waals surface area contributed by atoms with Gasteiger partial charge in [0.05, 0.1) is 31.5 Å². The van der Waals surface area contributed by atoms with Crippen molar-refractivity contribution >= 4 is 16.7 Å². The predicted octanol–water partition coefficient (Wildman–Crippen LogP) is 4.03. The van der Waals surface area contributed by atoms with Crippen molar-refractivity contribution in [2.24, 2.45) is 0 Å². The van der Waals surface area contributed by atoms with E-state index in [-0.39, 0.29) is 46.0 Å². The summed E-state index contributed by atoms with van der Waals surface area (Å²) < 4.78 is 9.35. The van der Waals surface area contributed by atoms with Crippen LogP contribution in [0.2, 0.25) is 0 Å². The van der Waals surface area contributed by atoms with Gasteiger partial charge in [0.25, 0.3) is 0 Å². The first-order chi connectivity index (χ1) is 13.1. The molecule has 0 unspecified atom stereocenters. The van der Waals surface area contributed by atoms with Crippen LogP contribution in [0.1, 0.15) is 40.2 Å². The third-order valence-electron chi connectivity index (χ3n) is 2.72. The topological polar surface area (TPSA) is 99.8 Å². The molecule has 7 heteroatoms. The SMILES string of the molecule is CC.CC.CC(=O)OCCOCCO.N#Cc1ccc2cc(O)ccc2c1.[W]. The number of rotatable bonds is 5. The molecule has 0 radical (unpaired) electrons. The Kier molecular flexibility index (Phi) is 23.5. The van der Waals surface area contributed by atoms with E-state index in [0.29, 0.717) is 18.8 Å². The van der Waals surface area contributed by atoms with E-state index in [9.17, 15) is 9.90 Å². The summed E-state index contributed by atoms with van der Waals surface area (Å²) >= 11 is 0. The summed E-state index contributed by atoms with van der Waals surface area (Å²) in [7, 11) is 0. The van der Waals surface area contributed by atoms with Gasteiger partial charge in [-0.3, -0.25) is 4.79 Å². The Hall–Kier alpha value is -1.93. The maximum absolute atomic E-state index is 10.1. The largest absolute Gasteiger partial charge is 0.508 e. The smallest absolute Gasteiger partial charge is 0.302 e. The molecule has 0 amide bonds. The molecule has 0 bridgehead atoms. The van der Waals surface area contributed by atoms with E-state index >= 15 is 0 Å². The number of hydrogen-bond acceptors (Lipinski definition) is 6. The zero-order valence-electron chi connectivity index (χ0n) is 17.3. The van der Waals surface area contributed by atoms with Crippen molar-refractivity contribution in [1.82, 2.24) is 0 Å². The first kappa shape index (κ1) is 30.8. The number of aliphatic hydroxyl groups is 1. The molecule has 0 aliphatic rings. The van der Waals surface area contributed by atoms with Crippen molar-refractivity contribution in [2.45, 2.75) is 34.6 Å².